The summed E-state index contributed by atoms with van der Waals surface area (Å²) in [6, 6.07) is 17.1. The van der Waals surface area contributed by atoms with Gasteiger partial charge in [-0.3, -0.25) is 14.5 Å². The molecule has 0 fully saturated rings. The van der Waals surface area contributed by atoms with E-state index in [1.165, 1.54) is 16.9 Å². The molecule has 6 nitrogen and oxygen atoms in total. The van der Waals surface area contributed by atoms with E-state index in [4.69, 9.17) is 10.5 Å². The summed E-state index contributed by atoms with van der Waals surface area (Å²) in [5.74, 6) is -0.108. The topological polar surface area (TPSA) is 84.7 Å². The summed E-state index contributed by atoms with van der Waals surface area (Å²) in [7, 11) is 1.57. The van der Waals surface area contributed by atoms with E-state index in [-0.39, 0.29) is 5.91 Å². The smallest absolute Gasteiger partial charge is 0.256 e. The minimum absolute atomic E-state index is 0.278. The highest BCUT2D eigenvalue weighted by Gasteiger charge is 2.28. The molecule has 3 N–H and O–H groups in total. The molecule has 0 bridgehead atoms. The number of ether oxygens (including phenoxy) is 1. The molecule has 0 saturated heterocycles. The standard InChI is InChI=1S/C23H23N3O3S/c1-29-17-9-7-16(8-10-17)22(28)25-23-20(21(24)27)18-11-12-26(14-19(18)30-23)13-15-5-3-2-4-6-15/h2-10H,11-14H2,1H3,(H2,24,27)(H,25,28). The van der Waals surface area contributed by atoms with Crippen LogP contribution in [0.25, 0.3) is 0 Å². The van der Waals surface area contributed by atoms with Crippen LogP contribution in [0.2, 0.25) is 0 Å². The summed E-state index contributed by atoms with van der Waals surface area (Å²) in [5.41, 5.74) is 8.82. The first-order valence-electron chi connectivity index (χ1n) is 9.71. The summed E-state index contributed by atoms with van der Waals surface area (Å²) >= 11 is 1.44. The van der Waals surface area contributed by atoms with Gasteiger partial charge in [-0.05, 0) is 41.8 Å². The highest BCUT2D eigenvalue weighted by molar-refractivity contribution is 7.17. The van der Waals surface area contributed by atoms with Gasteiger partial charge in [-0.15, -0.1) is 11.3 Å². The lowest BCUT2D eigenvalue weighted by Gasteiger charge is -2.27. The zero-order valence-corrected chi connectivity index (χ0v) is 17.5. The third-order valence-electron chi connectivity index (χ3n) is 5.21. The highest BCUT2D eigenvalue weighted by Crippen LogP contribution is 2.37. The predicted octanol–water partition coefficient (Wildman–Crippen LogP) is 3.67. The number of carbonyl (C=O) groups excluding carboxylic acids is 2. The normalized spacial score (nSPS) is 13.5. The molecule has 2 amide bonds. The van der Waals surface area contributed by atoms with Crippen LogP contribution >= 0.6 is 11.3 Å². The third-order valence-corrected chi connectivity index (χ3v) is 6.34. The van der Waals surface area contributed by atoms with Crippen molar-refractivity contribution >= 4 is 28.2 Å². The molecule has 3 aromatic rings. The fourth-order valence-corrected chi connectivity index (χ4v) is 4.99. The Balaban J connectivity index is 1.54. The molecule has 1 aromatic heterocycles. The lowest BCUT2D eigenvalue weighted by molar-refractivity contribution is 0.0999. The molecule has 2 aromatic carbocycles. The van der Waals surface area contributed by atoms with Gasteiger partial charge in [0, 0.05) is 30.1 Å². The van der Waals surface area contributed by atoms with Gasteiger partial charge >= 0.3 is 0 Å². The maximum atomic E-state index is 12.7. The molecule has 4 rings (SSSR count). The second kappa shape index (κ2) is 8.69. The fourth-order valence-electron chi connectivity index (χ4n) is 3.70. The van der Waals surface area contributed by atoms with Gasteiger partial charge in [0.25, 0.3) is 11.8 Å². The summed E-state index contributed by atoms with van der Waals surface area (Å²) in [5, 5.41) is 3.41. The number of fused-ring (bicyclic) bond motifs is 1. The average molecular weight is 422 g/mol. The minimum Gasteiger partial charge on any atom is -0.497 e. The third kappa shape index (κ3) is 4.22. The van der Waals surface area contributed by atoms with Gasteiger partial charge in [0.2, 0.25) is 0 Å². The van der Waals surface area contributed by atoms with Crippen LogP contribution < -0.4 is 15.8 Å². The number of thiophene rings is 1. The van der Waals surface area contributed by atoms with E-state index in [0.29, 0.717) is 21.9 Å². The molecule has 0 aliphatic carbocycles. The van der Waals surface area contributed by atoms with Crippen molar-refractivity contribution in [3.8, 4) is 5.75 Å². The fraction of sp³-hybridized carbons (Fsp3) is 0.217. The number of anilines is 1. The second-order valence-electron chi connectivity index (χ2n) is 7.20. The van der Waals surface area contributed by atoms with Crippen molar-refractivity contribution in [1.29, 1.82) is 0 Å². The first kappa shape index (κ1) is 20.1. The number of nitrogens with two attached hydrogens (primary N) is 1. The minimum atomic E-state index is -0.506. The molecule has 1 aliphatic rings. The predicted molar refractivity (Wildman–Crippen MR) is 118 cm³/mol. The van der Waals surface area contributed by atoms with Crippen LogP contribution in [-0.2, 0) is 19.5 Å². The van der Waals surface area contributed by atoms with Crippen molar-refractivity contribution in [2.45, 2.75) is 19.5 Å². The van der Waals surface area contributed by atoms with E-state index in [1.54, 1.807) is 31.4 Å². The number of amides is 2. The maximum absolute atomic E-state index is 12.7. The van der Waals surface area contributed by atoms with Gasteiger partial charge in [0.15, 0.2) is 0 Å². The van der Waals surface area contributed by atoms with Gasteiger partial charge < -0.3 is 15.8 Å². The zero-order chi connectivity index (χ0) is 21.1. The summed E-state index contributed by atoms with van der Waals surface area (Å²) in [6.07, 6.45) is 0.731. The molecule has 0 unspecified atom stereocenters. The number of nitrogens with zero attached hydrogens (tertiary/aromatic N) is 1. The first-order valence-corrected chi connectivity index (χ1v) is 10.5. The van der Waals surface area contributed by atoms with Crippen LogP contribution in [0.15, 0.2) is 54.6 Å². The lowest BCUT2D eigenvalue weighted by Crippen LogP contribution is -2.30. The van der Waals surface area contributed by atoms with Crippen LogP contribution in [0, 0.1) is 0 Å². The van der Waals surface area contributed by atoms with E-state index in [2.05, 4.69) is 22.3 Å². The number of rotatable bonds is 6. The van der Waals surface area contributed by atoms with Crippen molar-refractivity contribution < 1.29 is 14.3 Å². The van der Waals surface area contributed by atoms with Crippen LogP contribution in [0.1, 0.15) is 36.7 Å². The Bertz CT molecular complexity index is 1060. The first-order chi connectivity index (χ1) is 14.5. The molecular weight excluding hydrogens is 398 g/mol. The number of carbonyl (C=O) groups is 2. The Kier molecular flexibility index (Phi) is 5.83. The molecule has 0 saturated carbocycles. The molecule has 7 heteroatoms. The summed E-state index contributed by atoms with van der Waals surface area (Å²) in [6.45, 7) is 2.41. The Morgan fingerprint density at radius 2 is 1.87 bits per heavy atom. The Morgan fingerprint density at radius 1 is 1.13 bits per heavy atom. The van der Waals surface area contributed by atoms with Gasteiger partial charge in [0.05, 0.1) is 12.7 Å². The van der Waals surface area contributed by atoms with E-state index >= 15 is 0 Å². The molecule has 0 spiro atoms. The quantitative estimate of drug-likeness (QED) is 0.636. The molecule has 2 heterocycles. The van der Waals surface area contributed by atoms with Gasteiger partial charge in [0.1, 0.15) is 10.8 Å². The Hall–Kier alpha value is -3.16. The van der Waals surface area contributed by atoms with Crippen molar-refractivity contribution in [3.63, 3.8) is 0 Å². The molecular formula is C23H23N3O3S. The number of primary amides is 1. The van der Waals surface area contributed by atoms with Crippen LogP contribution in [-0.4, -0.2) is 30.4 Å². The SMILES string of the molecule is COc1ccc(C(=O)Nc2sc3c(c2C(N)=O)CCN(Cc2ccccc2)C3)cc1. The van der Waals surface area contributed by atoms with Crippen LogP contribution in [0.4, 0.5) is 5.00 Å². The zero-order valence-electron chi connectivity index (χ0n) is 16.7. The largest absolute Gasteiger partial charge is 0.497 e. The summed E-state index contributed by atoms with van der Waals surface area (Å²) < 4.78 is 5.13. The van der Waals surface area contributed by atoms with E-state index in [9.17, 15) is 9.59 Å². The van der Waals surface area contributed by atoms with E-state index in [1.807, 2.05) is 18.2 Å². The van der Waals surface area contributed by atoms with Crippen molar-refractivity contribution in [2.75, 3.05) is 19.0 Å². The van der Waals surface area contributed by atoms with Crippen molar-refractivity contribution in [1.82, 2.24) is 4.90 Å². The molecule has 0 radical (unpaired) electrons. The van der Waals surface area contributed by atoms with E-state index in [0.717, 1.165) is 36.5 Å². The maximum Gasteiger partial charge on any atom is 0.256 e. The Morgan fingerprint density at radius 3 is 2.53 bits per heavy atom. The van der Waals surface area contributed by atoms with E-state index < -0.39 is 5.91 Å². The molecule has 154 valence electrons. The Labute approximate surface area is 179 Å². The number of hydrogen-bond acceptors (Lipinski definition) is 5. The van der Waals surface area contributed by atoms with Gasteiger partial charge in [-0.2, -0.15) is 0 Å². The number of nitrogens with one attached hydrogen (secondary N) is 1. The lowest BCUT2D eigenvalue weighted by atomic mass is 10.0. The van der Waals surface area contributed by atoms with Crippen LogP contribution in [0.3, 0.4) is 0 Å². The molecule has 30 heavy (non-hydrogen) atoms. The van der Waals surface area contributed by atoms with Crippen LogP contribution in [0.5, 0.6) is 5.75 Å². The monoisotopic (exact) mass is 421 g/mol. The van der Waals surface area contributed by atoms with Crippen molar-refractivity contribution in [2.24, 2.45) is 5.73 Å². The number of hydrogen-bond donors (Lipinski definition) is 2. The summed E-state index contributed by atoms with van der Waals surface area (Å²) in [4.78, 5) is 28.3. The van der Waals surface area contributed by atoms with Crippen molar-refractivity contribution in [3.05, 3.63) is 81.7 Å². The number of methoxy groups -OCH3 is 1. The number of benzene rings is 2. The average Bonchev–Trinajstić information content (AvgIpc) is 3.11. The second-order valence-corrected chi connectivity index (χ2v) is 8.31. The molecule has 1 aliphatic heterocycles. The van der Waals surface area contributed by atoms with Gasteiger partial charge in [-0.1, -0.05) is 30.3 Å². The molecule has 0 atom stereocenters. The highest BCUT2D eigenvalue weighted by atomic mass is 32.1. The van der Waals surface area contributed by atoms with Gasteiger partial charge in [-0.25, -0.2) is 0 Å².